The molecule has 1 amide bonds. The van der Waals surface area contributed by atoms with Gasteiger partial charge in [0.05, 0.1) is 25.2 Å². The molecule has 1 saturated heterocycles. The zero-order valence-corrected chi connectivity index (χ0v) is 9.63. The normalized spacial score (nSPS) is 21.1. The van der Waals surface area contributed by atoms with E-state index in [1.807, 2.05) is 30.3 Å². The minimum atomic E-state index is -0.329. The van der Waals surface area contributed by atoms with Gasteiger partial charge in [0, 0.05) is 6.61 Å². The lowest BCUT2D eigenvalue weighted by atomic mass is 10.0. The summed E-state index contributed by atoms with van der Waals surface area (Å²) in [5.74, 6) is -0.113. The average molecular weight is 235 g/mol. The van der Waals surface area contributed by atoms with Gasteiger partial charge in [-0.25, -0.2) is 0 Å². The molecule has 2 N–H and O–H groups in total. The Morgan fingerprint density at radius 3 is 2.82 bits per heavy atom. The van der Waals surface area contributed by atoms with Crippen molar-refractivity contribution in [3.63, 3.8) is 0 Å². The zero-order valence-electron chi connectivity index (χ0n) is 9.63. The number of amides is 1. The third-order valence-electron chi connectivity index (χ3n) is 3.00. The minimum Gasteiger partial charge on any atom is -0.394 e. The number of benzene rings is 1. The Bertz CT molecular complexity index is 360. The van der Waals surface area contributed by atoms with Gasteiger partial charge in [-0.1, -0.05) is 30.3 Å². The molecule has 2 rings (SSSR count). The number of carbonyl (C=O) groups excluding carboxylic acids is 1. The molecule has 1 unspecified atom stereocenters. The molecule has 4 nitrogen and oxygen atoms in total. The maximum atomic E-state index is 11.9. The van der Waals surface area contributed by atoms with Crippen LogP contribution in [0.25, 0.3) is 0 Å². The van der Waals surface area contributed by atoms with E-state index in [0.717, 1.165) is 12.0 Å². The summed E-state index contributed by atoms with van der Waals surface area (Å²) in [4.78, 5) is 11.9. The Balaban J connectivity index is 1.97. The Hall–Kier alpha value is -1.39. The van der Waals surface area contributed by atoms with Crippen molar-refractivity contribution in [1.29, 1.82) is 0 Å². The summed E-state index contributed by atoms with van der Waals surface area (Å²) in [5, 5.41) is 12.2. The van der Waals surface area contributed by atoms with Gasteiger partial charge in [0.1, 0.15) is 0 Å². The lowest BCUT2D eigenvalue weighted by Gasteiger charge is -2.18. The maximum absolute atomic E-state index is 11.9. The fourth-order valence-corrected chi connectivity index (χ4v) is 1.95. The SMILES string of the molecule is O=C(N[C@H](CO)c1ccccc1)C1CCOC1. The summed E-state index contributed by atoms with van der Waals surface area (Å²) in [7, 11) is 0. The van der Waals surface area contributed by atoms with Crippen LogP contribution < -0.4 is 5.32 Å². The summed E-state index contributed by atoms with van der Waals surface area (Å²) in [5.41, 5.74) is 0.919. The van der Waals surface area contributed by atoms with Crippen molar-refractivity contribution in [2.45, 2.75) is 12.5 Å². The number of carbonyl (C=O) groups is 1. The van der Waals surface area contributed by atoms with Gasteiger partial charge in [0.25, 0.3) is 0 Å². The predicted octanol–water partition coefficient (Wildman–Crippen LogP) is 0.873. The highest BCUT2D eigenvalue weighted by Gasteiger charge is 2.25. The molecular formula is C13H17NO3. The van der Waals surface area contributed by atoms with Crippen molar-refractivity contribution in [3.05, 3.63) is 35.9 Å². The van der Waals surface area contributed by atoms with E-state index in [-0.39, 0.29) is 24.5 Å². The first-order valence-electron chi connectivity index (χ1n) is 5.85. The standard InChI is InChI=1S/C13H17NO3/c15-8-12(10-4-2-1-3-5-10)14-13(16)11-6-7-17-9-11/h1-5,11-12,15H,6-9H2,(H,14,16)/t11?,12-/m1/s1. The van der Waals surface area contributed by atoms with Gasteiger partial charge in [-0.05, 0) is 12.0 Å². The number of aliphatic hydroxyl groups excluding tert-OH is 1. The lowest BCUT2D eigenvalue weighted by molar-refractivity contribution is -0.126. The summed E-state index contributed by atoms with van der Waals surface area (Å²) in [6.07, 6.45) is 0.763. The molecule has 1 aliphatic heterocycles. The lowest BCUT2D eigenvalue weighted by Crippen LogP contribution is -2.35. The van der Waals surface area contributed by atoms with E-state index in [9.17, 15) is 9.90 Å². The quantitative estimate of drug-likeness (QED) is 0.814. The number of hydrogen-bond acceptors (Lipinski definition) is 3. The molecule has 0 saturated carbocycles. The van der Waals surface area contributed by atoms with E-state index < -0.39 is 0 Å². The third-order valence-corrected chi connectivity index (χ3v) is 3.00. The van der Waals surface area contributed by atoms with Crippen molar-refractivity contribution in [1.82, 2.24) is 5.32 Å². The fourth-order valence-electron chi connectivity index (χ4n) is 1.95. The van der Waals surface area contributed by atoms with E-state index in [1.54, 1.807) is 0 Å². The third kappa shape index (κ3) is 3.05. The molecule has 0 aliphatic carbocycles. The number of rotatable bonds is 4. The highest BCUT2D eigenvalue weighted by molar-refractivity contribution is 5.79. The monoisotopic (exact) mass is 235 g/mol. The molecule has 1 aromatic carbocycles. The van der Waals surface area contributed by atoms with E-state index in [2.05, 4.69) is 5.32 Å². The maximum Gasteiger partial charge on any atom is 0.226 e. The zero-order chi connectivity index (χ0) is 12.1. The minimum absolute atomic E-state index is 0.0367. The van der Waals surface area contributed by atoms with Crippen LogP contribution in [0.3, 0.4) is 0 Å². The van der Waals surface area contributed by atoms with Crippen molar-refractivity contribution in [2.24, 2.45) is 5.92 Å². The number of hydrogen-bond donors (Lipinski definition) is 2. The Kier molecular flexibility index (Phi) is 4.12. The molecule has 17 heavy (non-hydrogen) atoms. The van der Waals surface area contributed by atoms with Gasteiger partial charge >= 0.3 is 0 Å². The van der Waals surface area contributed by atoms with Gasteiger partial charge < -0.3 is 15.2 Å². The van der Waals surface area contributed by atoms with Crippen LogP contribution in [-0.4, -0.2) is 30.8 Å². The molecule has 1 fully saturated rings. The Labute approximate surface area is 101 Å². The van der Waals surface area contributed by atoms with Crippen LogP contribution in [0.4, 0.5) is 0 Å². The number of ether oxygens (including phenoxy) is 1. The van der Waals surface area contributed by atoms with Crippen LogP contribution in [0.15, 0.2) is 30.3 Å². The number of nitrogens with one attached hydrogen (secondary N) is 1. The van der Waals surface area contributed by atoms with Crippen molar-refractivity contribution < 1.29 is 14.6 Å². The van der Waals surface area contributed by atoms with E-state index in [1.165, 1.54) is 0 Å². The second kappa shape index (κ2) is 5.80. The van der Waals surface area contributed by atoms with Crippen LogP contribution in [0.2, 0.25) is 0 Å². The van der Waals surface area contributed by atoms with Gasteiger partial charge in [0.2, 0.25) is 5.91 Å². The second-order valence-electron chi connectivity index (χ2n) is 4.21. The molecule has 0 radical (unpaired) electrons. The van der Waals surface area contributed by atoms with Gasteiger partial charge in [0.15, 0.2) is 0 Å². The second-order valence-corrected chi connectivity index (χ2v) is 4.21. The molecule has 0 bridgehead atoms. The van der Waals surface area contributed by atoms with E-state index in [4.69, 9.17) is 4.74 Å². The smallest absolute Gasteiger partial charge is 0.226 e. The van der Waals surface area contributed by atoms with Gasteiger partial charge in [-0.2, -0.15) is 0 Å². The van der Waals surface area contributed by atoms with Crippen molar-refractivity contribution in [3.8, 4) is 0 Å². The summed E-state index contributed by atoms with van der Waals surface area (Å²) < 4.78 is 5.18. The summed E-state index contributed by atoms with van der Waals surface area (Å²) >= 11 is 0. The topological polar surface area (TPSA) is 58.6 Å². The van der Waals surface area contributed by atoms with Crippen LogP contribution >= 0.6 is 0 Å². The van der Waals surface area contributed by atoms with Crippen molar-refractivity contribution in [2.75, 3.05) is 19.8 Å². The van der Waals surface area contributed by atoms with Crippen molar-refractivity contribution >= 4 is 5.91 Å². The largest absolute Gasteiger partial charge is 0.394 e. The number of aliphatic hydroxyl groups is 1. The van der Waals surface area contributed by atoms with E-state index in [0.29, 0.717) is 13.2 Å². The van der Waals surface area contributed by atoms with Crippen LogP contribution in [0, 0.1) is 5.92 Å². The van der Waals surface area contributed by atoms with Gasteiger partial charge in [-0.3, -0.25) is 4.79 Å². The first-order valence-corrected chi connectivity index (χ1v) is 5.85. The molecule has 2 atom stereocenters. The molecular weight excluding hydrogens is 218 g/mol. The molecule has 92 valence electrons. The van der Waals surface area contributed by atoms with Crippen LogP contribution in [0.5, 0.6) is 0 Å². The summed E-state index contributed by atoms with van der Waals surface area (Å²) in [6.45, 7) is 1.04. The van der Waals surface area contributed by atoms with E-state index >= 15 is 0 Å². The Morgan fingerprint density at radius 2 is 2.24 bits per heavy atom. The molecule has 1 aromatic rings. The molecule has 0 aromatic heterocycles. The average Bonchev–Trinajstić information content (AvgIpc) is 2.90. The Morgan fingerprint density at radius 1 is 1.47 bits per heavy atom. The predicted molar refractivity (Wildman–Crippen MR) is 63.3 cm³/mol. The van der Waals surface area contributed by atoms with Gasteiger partial charge in [-0.15, -0.1) is 0 Å². The molecule has 4 heteroatoms. The summed E-state index contributed by atoms with van der Waals surface area (Å²) in [6, 6.07) is 9.15. The van der Waals surface area contributed by atoms with Crippen LogP contribution in [0.1, 0.15) is 18.0 Å². The highest BCUT2D eigenvalue weighted by atomic mass is 16.5. The molecule has 0 spiro atoms. The highest BCUT2D eigenvalue weighted by Crippen LogP contribution is 2.16. The molecule has 1 aliphatic rings. The van der Waals surface area contributed by atoms with Crippen LogP contribution in [-0.2, 0) is 9.53 Å². The molecule has 1 heterocycles. The fraction of sp³-hybridized carbons (Fsp3) is 0.462. The first-order chi connectivity index (χ1) is 8.31. The first kappa shape index (κ1) is 12.1.